The monoisotopic (exact) mass is 488 g/mol. The second kappa shape index (κ2) is 10.8. The molecule has 0 aliphatic carbocycles. The third kappa shape index (κ3) is 6.21. The lowest BCUT2D eigenvalue weighted by molar-refractivity contribution is -0.136. The summed E-state index contributed by atoms with van der Waals surface area (Å²) in [5.41, 5.74) is 0.125. The van der Waals surface area contributed by atoms with Gasteiger partial charge in [0.25, 0.3) is 5.91 Å². The van der Waals surface area contributed by atoms with Crippen molar-refractivity contribution in [3.63, 3.8) is 0 Å². The summed E-state index contributed by atoms with van der Waals surface area (Å²) in [4.78, 5) is 30.3. The van der Waals surface area contributed by atoms with Crippen molar-refractivity contribution >= 4 is 35.0 Å². The lowest BCUT2D eigenvalue weighted by Gasteiger charge is -2.43. The fourth-order valence-electron chi connectivity index (χ4n) is 4.84. The number of likely N-dealkylation sites (tertiary alicyclic amines) is 2. The highest BCUT2D eigenvalue weighted by Crippen LogP contribution is 2.36. The fourth-order valence-corrected chi connectivity index (χ4v) is 5.16. The van der Waals surface area contributed by atoms with E-state index in [4.69, 9.17) is 27.9 Å². The Kier molecular flexibility index (Phi) is 7.82. The Morgan fingerprint density at radius 1 is 0.879 bits per heavy atom. The van der Waals surface area contributed by atoms with Crippen molar-refractivity contribution in [3.8, 4) is 5.75 Å². The van der Waals surface area contributed by atoms with Gasteiger partial charge in [0, 0.05) is 53.6 Å². The lowest BCUT2D eigenvalue weighted by atomic mass is 9.77. The Morgan fingerprint density at radius 2 is 1.61 bits per heavy atom. The van der Waals surface area contributed by atoms with Gasteiger partial charge in [-0.15, -0.1) is 0 Å². The third-order valence-electron chi connectivity index (χ3n) is 6.61. The molecule has 2 aromatic carbocycles. The van der Waals surface area contributed by atoms with E-state index in [1.54, 1.807) is 36.4 Å². The lowest BCUT2D eigenvalue weighted by Crippen LogP contribution is -2.51. The van der Waals surface area contributed by atoms with Crippen LogP contribution in [-0.2, 0) is 4.79 Å². The van der Waals surface area contributed by atoms with Gasteiger partial charge in [0.1, 0.15) is 5.75 Å². The van der Waals surface area contributed by atoms with Crippen LogP contribution in [0, 0.1) is 5.41 Å². The van der Waals surface area contributed by atoms with E-state index >= 15 is 0 Å². The van der Waals surface area contributed by atoms with Gasteiger partial charge in [0.2, 0.25) is 5.91 Å². The van der Waals surface area contributed by atoms with Crippen molar-refractivity contribution in [2.45, 2.75) is 38.5 Å². The smallest absolute Gasteiger partial charge is 0.253 e. The summed E-state index contributed by atoms with van der Waals surface area (Å²) in [5, 5.41) is 1.18. The molecule has 0 unspecified atom stereocenters. The molecule has 2 heterocycles. The van der Waals surface area contributed by atoms with Crippen LogP contribution in [0.2, 0.25) is 10.0 Å². The summed E-state index contributed by atoms with van der Waals surface area (Å²) < 4.78 is 6.16. The normalized spacial score (nSPS) is 21.0. The van der Waals surface area contributed by atoms with E-state index in [0.29, 0.717) is 47.5 Å². The van der Waals surface area contributed by atoms with Crippen molar-refractivity contribution in [2.75, 3.05) is 32.8 Å². The first kappa shape index (κ1) is 23.9. The Labute approximate surface area is 205 Å². The molecule has 176 valence electrons. The highest BCUT2D eigenvalue weighted by Gasteiger charge is 2.41. The molecule has 7 heteroatoms. The van der Waals surface area contributed by atoms with Gasteiger partial charge in [-0.1, -0.05) is 29.3 Å². The van der Waals surface area contributed by atoms with Crippen LogP contribution in [-0.4, -0.2) is 54.4 Å². The second-order valence-electron chi connectivity index (χ2n) is 9.20. The van der Waals surface area contributed by atoms with Crippen molar-refractivity contribution in [1.82, 2.24) is 9.80 Å². The van der Waals surface area contributed by atoms with Crippen LogP contribution in [0.25, 0.3) is 0 Å². The molecule has 1 atom stereocenters. The average molecular weight is 489 g/mol. The molecule has 2 saturated heterocycles. The van der Waals surface area contributed by atoms with Crippen molar-refractivity contribution < 1.29 is 14.3 Å². The standard InChI is InChI=1S/C26H30Cl2N2O3/c27-21-8-10-23(11-9-21)33-19-26(17-24(31)29-13-2-1-3-14-29)12-5-15-30(18-26)25(32)20-6-4-7-22(28)16-20/h4,6-11,16H,1-3,5,12-15,17-19H2/t26-/m0/s1. The first-order valence-electron chi connectivity index (χ1n) is 11.7. The molecule has 4 rings (SSSR count). The quantitative estimate of drug-likeness (QED) is 0.523. The maximum atomic E-state index is 13.3. The Hall–Kier alpha value is -2.24. The molecule has 33 heavy (non-hydrogen) atoms. The van der Waals surface area contributed by atoms with Crippen LogP contribution < -0.4 is 4.74 Å². The first-order valence-corrected chi connectivity index (χ1v) is 12.4. The number of nitrogens with zero attached hydrogens (tertiary/aromatic N) is 2. The zero-order chi connectivity index (χ0) is 23.3. The third-order valence-corrected chi connectivity index (χ3v) is 7.10. The predicted octanol–water partition coefficient (Wildman–Crippen LogP) is 5.70. The Bertz CT molecular complexity index is 976. The van der Waals surface area contributed by atoms with E-state index in [0.717, 1.165) is 38.8 Å². The molecule has 2 amide bonds. The minimum Gasteiger partial charge on any atom is -0.493 e. The highest BCUT2D eigenvalue weighted by molar-refractivity contribution is 6.31. The highest BCUT2D eigenvalue weighted by atomic mass is 35.5. The minimum absolute atomic E-state index is 0.0570. The number of carbonyl (C=O) groups is 2. The maximum absolute atomic E-state index is 13.3. The number of ether oxygens (including phenoxy) is 1. The van der Waals surface area contributed by atoms with Gasteiger partial charge in [-0.05, 0) is 74.6 Å². The summed E-state index contributed by atoms with van der Waals surface area (Å²) in [5.74, 6) is 0.812. The van der Waals surface area contributed by atoms with Crippen LogP contribution in [0.1, 0.15) is 48.9 Å². The Balaban J connectivity index is 1.53. The molecule has 2 aliphatic rings. The molecular weight excluding hydrogens is 459 g/mol. The van der Waals surface area contributed by atoms with E-state index in [1.165, 1.54) is 6.42 Å². The second-order valence-corrected chi connectivity index (χ2v) is 10.1. The molecule has 0 saturated carbocycles. The van der Waals surface area contributed by atoms with Crippen molar-refractivity contribution in [1.29, 1.82) is 0 Å². The topological polar surface area (TPSA) is 49.9 Å². The minimum atomic E-state index is -0.444. The van der Waals surface area contributed by atoms with E-state index in [-0.39, 0.29) is 11.8 Å². The number of hydrogen-bond donors (Lipinski definition) is 0. The molecule has 2 aromatic rings. The van der Waals surface area contributed by atoms with Crippen LogP contribution in [0.3, 0.4) is 0 Å². The van der Waals surface area contributed by atoms with Gasteiger partial charge >= 0.3 is 0 Å². The van der Waals surface area contributed by atoms with Gasteiger partial charge in [-0.25, -0.2) is 0 Å². The SMILES string of the molecule is O=C(C[C@@]1(COc2ccc(Cl)cc2)CCCN(C(=O)c2cccc(Cl)c2)C1)N1CCCCC1. The van der Waals surface area contributed by atoms with Gasteiger partial charge in [0.15, 0.2) is 0 Å². The van der Waals surface area contributed by atoms with Crippen LogP contribution in [0.4, 0.5) is 0 Å². The number of halogens is 2. The van der Waals surface area contributed by atoms with E-state index in [1.807, 2.05) is 21.9 Å². The fraction of sp³-hybridized carbons (Fsp3) is 0.462. The number of amides is 2. The molecular formula is C26H30Cl2N2O3. The van der Waals surface area contributed by atoms with Crippen molar-refractivity contribution in [2.24, 2.45) is 5.41 Å². The zero-order valence-corrected chi connectivity index (χ0v) is 20.3. The summed E-state index contributed by atoms with van der Waals surface area (Å²) in [7, 11) is 0. The molecule has 5 nitrogen and oxygen atoms in total. The van der Waals surface area contributed by atoms with Gasteiger partial charge in [-0.2, -0.15) is 0 Å². The van der Waals surface area contributed by atoms with Gasteiger partial charge in [-0.3, -0.25) is 9.59 Å². The summed E-state index contributed by atoms with van der Waals surface area (Å²) in [6, 6.07) is 14.3. The number of hydrogen-bond acceptors (Lipinski definition) is 3. The zero-order valence-electron chi connectivity index (χ0n) is 18.8. The molecule has 0 radical (unpaired) electrons. The molecule has 0 aromatic heterocycles. The number of carbonyl (C=O) groups excluding carboxylic acids is 2. The van der Waals surface area contributed by atoms with Gasteiger partial charge in [0.05, 0.1) is 6.61 Å². The largest absolute Gasteiger partial charge is 0.493 e. The number of piperidine rings is 2. The summed E-state index contributed by atoms with van der Waals surface area (Å²) in [6.07, 6.45) is 5.32. The molecule has 2 fully saturated rings. The maximum Gasteiger partial charge on any atom is 0.253 e. The molecule has 2 aliphatic heterocycles. The first-order chi connectivity index (χ1) is 15.9. The van der Waals surface area contributed by atoms with Crippen LogP contribution in [0.15, 0.2) is 48.5 Å². The van der Waals surface area contributed by atoms with Gasteiger partial charge < -0.3 is 14.5 Å². The summed E-state index contributed by atoms with van der Waals surface area (Å²) in [6.45, 7) is 3.14. The van der Waals surface area contributed by atoms with Crippen LogP contribution in [0.5, 0.6) is 5.75 Å². The van der Waals surface area contributed by atoms with E-state index < -0.39 is 5.41 Å². The van der Waals surface area contributed by atoms with Crippen LogP contribution >= 0.6 is 23.2 Å². The number of rotatable bonds is 6. The van der Waals surface area contributed by atoms with E-state index in [9.17, 15) is 9.59 Å². The summed E-state index contributed by atoms with van der Waals surface area (Å²) >= 11 is 12.1. The average Bonchev–Trinajstić information content (AvgIpc) is 2.84. The number of benzene rings is 2. The Morgan fingerprint density at radius 3 is 2.33 bits per heavy atom. The van der Waals surface area contributed by atoms with E-state index in [2.05, 4.69) is 0 Å². The molecule has 0 N–H and O–H groups in total. The predicted molar refractivity (Wildman–Crippen MR) is 131 cm³/mol. The molecule has 0 bridgehead atoms. The molecule has 0 spiro atoms. The van der Waals surface area contributed by atoms with Crippen molar-refractivity contribution in [3.05, 3.63) is 64.1 Å².